The molecule has 0 amide bonds. The average molecular weight is 350 g/mol. The van der Waals surface area contributed by atoms with Gasteiger partial charge in [-0.3, -0.25) is 0 Å². The first kappa shape index (κ1) is 19.2. The van der Waals surface area contributed by atoms with E-state index in [1.54, 1.807) is 24.3 Å². The highest BCUT2D eigenvalue weighted by molar-refractivity contribution is 5.39. The van der Waals surface area contributed by atoms with Crippen LogP contribution in [0.25, 0.3) is 0 Å². The van der Waals surface area contributed by atoms with Gasteiger partial charge in [0.25, 0.3) is 0 Å². The molecule has 2 rings (SSSR count). The first-order chi connectivity index (χ1) is 11.8. The van der Waals surface area contributed by atoms with Gasteiger partial charge in [0.05, 0.1) is 12.7 Å². The third-order valence-electron chi connectivity index (χ3n) is 4.13. The third kappa shape index (κ3) is 4.47. The zero-order valence-electron chi connectivity index (χ0n) is 13.3. The topological polar surface area (TPSA) is 142 Å². The van der Waals surface area contributed by atoms with Crippen LogP contribution in [-0.4, -0.2) is 66.8 Å². The fourth-order valence-electron chi connectivity index (χ4n) is 2.68. The molecule has 0 aliphatic heterocycles. The van der Waals surface area contributed by atoms with Crippen LogP contribution in [0.2, 0.25) is 0 Å². The van der Waals surface area contributed by atoms with E-state index in [4.69, 9.17) is 5.11 Å². The lowest BCUT2D eigenvalue weighted by Gasteiger charge is -2.31. The van der Waals surface area contributed by atoms with E-state index in [0.717, 1.165) is 0 Å². The van der Waals surface area contributed by atoms with Crippen molar-refractivity contribution in [2.45, 2.75) is 30.3 Å². The number of aliphatic hydroxyl groups is 5. The highest BCUT2D eigenvalue weighted by Crippen LogP contribution is 2.32. The van der Waals surface area contributed by atoms with Gasteiger partial charge in [0, 0.05) is 5.92 Å². The van der Waals surface area contributed by atoms with Crippen LogP contribution < -0.4 is 0 Å². The molecule has 2 aromatic rings. The normalized spacial score (nSPS) is 16.4. The van der Waals surface area contributed by atoms with Crippen LogP contribution in [-0.2, 0) is 0 Å². The summed E-state index contributed by atoms with van der Waals surface area (Å²) in [4.78, 5) is 0. The maximum Gasteiger partial charge on any atom is 0.115 e. The maximum absolute atomic E-state index is 10.6. The highest BCUT2D eigenvalue weighted by atomic mass is 16.4. The van der Waals surface area contributed by atoms with Gasteiger partial charge in [-0.1, -0.05) is 24.3 Å². The van der Waals surface area contributed by atoms with E-state index in [0.29, 0.717) is 11.1 Å². The molecule has 0 saturated carbocycles. The SMILES string of the molecule is OC[C@@H](O)[C@@H](O)[C@@H](O)[C@H](O)C(c1ccc(O)cc1)c1ccc(O)cc1. The minimum atomic E-state index is -1.75. The smallest absolute Gasteiger partial charge is 0.115 e. The van der Waals surface area contributed by atoms with Crippen LogP contribution in [0.15, 0.2) is 48.5 Å². The molecule has 0 fully saturated rings. The van der Waals surface area contributed by atoms with Crippen LogP contribution in [0, 0.1) is 0 Å². The van der Waals surface area contributed by atoms with Crippen LogP contribution in [0.4, 0.5) is 0 Å². The van der Waals surface area contributed by atoms with Gasteiger partial charge in [-0.15, -0.1) is 0 Å². The Kier molecular flexibility index (Phi) is 6.35. The molecular formula is C18H22O7. The zero-order chi connectivity index (χ0) is 18.6. The van der Waals surface area contributed by atoms with E-state index in [1.807, 2.05) is 0 Å². The summed E-state index contributed by atoms with van der Waals surface area (Å²) in [6.45, 7) is -0.770. The molecule has 0 aromatic heterocycles. The quantitative estimate of drug-likeness (QED) is 0.362. The number of hydrogen-bond acceptors (Lipinski definition) is 7. The van der Waals surface area contributed by atoms with Crippen molar-refractivity contribution in [3.05, 3.63) is 59.7 Å². The Morgan fingerprint density at radius 1 is 0.600 bits per heavy atom. The Labute approximate surface area is 144 Å². The third-order valence-corrected chi connectivity index (χ3v) is 4.13. The second-order valence-electron chi connectivity index (χ2n) is 5.88. The standard InChI is InChI=1S/C18H22O7/c19-9-14(22)16(23)18(25)17(24)15(10-1-5-12(20)6-2-10)11-3-7-13(21)8-4-11/h1-8,14-25H,9H2/t14-,16-,17-,18-/m1/s1. The summed E-state index contributed by atoms with van der Waals surface area (Å²) in [6, 6.07) is 11.9. The molecule has 0 aliphatic rings. The molecule has 25 heavy (non-hydrogen) atoms. The molecule has 7 heteroatoms. The zero-order valence-corrected chi connectivity index (χ0v) is 13.3. The lowest BCUT2D eigenvalue weighted by atomic mass is 9.82. The predicted molar refractivity (Wildman–Crippen MR) is 89.2 cm³/mol. The van der Waals surface area contributed by atoms with Crippen molar-refractivity contribution in [3.8, 4) is 11.5 Å². The largest absolute Gasteiger partial charge is 0.508 e. The van der Waals surface area contributed by atoms with Crippen molar-refractivity contribution in [1.29, 1.82) is 0 Å². The lowest BCUT2D eigenvalue weighted by Crippen LogP contribution is -2.48. The van der Waals surface area contributed by atoms with Crippen LogP contribution in [0.1, 0.15) is 17.0 Å². The van der Waals surface area contributed by atoms with E-state index < -0.39 is 36.9 Å². The number of phenolic OH excluding ortho intramolecular Hbond substituents is 2. The van der Waals surface area contributed by atoms with Crippen molar-refractivity contribution in [1.82, 2.24) is 0 Å². The molecular weight excluding hydrogens is 328 g/mol. The fraction of sp³-hybridized carbons (Fsp3) is 0.333. The van der Waals surface area contributed by atoms with Gasteiger partial charge in [0.2, 0.25) is 0 Å². The molecule has 0 aliphatic carbocycles. The van der Waals surface area contributed by atoms with Crippen molar-refractivity contribution in [2.24, 2.45) is 0 Å². The molecule has 7 N–H and O–H groups in total. The summed E-state index contributed by atoms with van der Waals surface area (Å²) in [5, 5.41) is 68.0. The maximum atomic E-state index is 10.6. The minimum Gasteiger partial charge on any atom is -0.508 e. The summed E-state index contributed by atoms with van der Waals surface area (Å²) < 4.78 is 0. The number of phenols is 2. The fourth-order valence-corrected chi connectivity index (χ4v) is 2.68. The number of aliphatic hydroxyl groups excluding tert-OH is 5. The Morgan fingerprint density at radius 2 is 1.00 bits per heavy atom. The van der Waals surface area contributed by atoms with E-state index in [2.05, 4.69) is 0 Å². The minimum absolute atomic E-state index is 0.0268. The second kappa shape index (κ2) is 8.28. The number of aromatic hydroxyl groups is 2. The van der Waals surface area contributed by atoms with Crippen molar-refractivity contribution < 1.29 is 35.7 Å². The van der Waals surface area contributed by atoms with Crippen LogP contribution in [0.5, 0.6) is 11.5 Å². The van der Waals surface area contributed by atoms with E-state index in [9.17, 15) is 30.6 Å². The van der Waals surface area contributed by atoms with Gasteiger partial charge >= 0.3 is 0 Å². The number of hydrogen-bond donors (Lipinski definition) is 7. The summed E-state index contributed by atoms with van der Waals surface area (Å²) in [5.74, 6) is -0.755. The van der Waals surface area contributed by atoms with E-state index in [-0.39, 0.29) is 11.5 Å². The van der Waals surface area contributed by atoms with Gasteiger partial charge in [-0.25, -0.2) is 0 Å². The first-order valence-corrected chi connectivity index (χ1v) is 7.76. The van der Waals surface area contributed by atoms with E-state index >= 15 is 0 Å². The number of rotatable bonds is 7. The summed E-state index contributed by atoms with van der Waals surface area (Å²) >= 11 is 0. The van der Waals surface area contributed by atoms with Gasteiger partial charge in [-0.2, -0.15) is 0 Å². The van der Waals surface area contributed by atoms with Crippen LogP contribution in [0.3, 0.4) is 0 Å². The molecule has 4 atom stereocenters. The van der Waals surface area contributed by atoms with E-state index in [1.165, 1.54) is 24.3 Å². The molecule has 0 bridgehead atoms. The Hall–Kier alpha value is -2.16. The molecule has 2 aromatic carbocycles. The van der Waals surface area contributed by atoms with Gasteiger partial charge in [0.1, 0.15) is 29.8 Å². The Morgan fingerprint density at radius 3 is 1.36 bits per heavy atom. The summed E-state index contributed by atoms with van der Waals surface area (Å²) in [7, 11) is 0. The average Bonchev–Trinajstić information content (AvgIpc) is 2.63. The first-order valence-electron chi connectivity index (χ1n) is 7.76. The molecule has 0 spiro atoms. The Balaban J connectivity index is 2.40. The van der Waals surface area contributed by atoms with Gasteiger partial charge in [0.15, 0.2) is 0 Å². The van der Waals surface area contributed by atoms with Crippen molar-refractivity contribution >= 4 is 0 Å². The highest BCUT2D eigenvalue weighted by Gasteiger charge is 2.36. The molecule has 0 radical (unpaired) electrons. The molecule has 0 saturated heterocycles. The number of benzene rings is 2. The summed E-state index contributed by atoms with van der Waals surface area (Å²) in [6.07, 6.45) is -6.62. The molecule has 136 valence electrons. The van der Waals surface area contributed by atoms with Gasteiger partial charge in [-0.05, 0) is 35.4 Å². The predicted octanol–water partition coefficient (Wildman–Crippen LogP) is -0.334. The summed E-state index contributed by atoms with van der Waals surface area (Å²) in [5.41, 5.74) is 1.08. The van der Waals surface area contributed by atoms with Crippen molar-refractivity contribution in [3.63, 3.8) is 0 Å². The van der Waals surface area contributed by atoms with Crippen molar-refractivity contribution in [2.75, 3.05) is 6.61 Å². The molecule has 7 nitrogen and oxygen atoms in total. The van der Waals surface area contributed by atoms with Gasteiger partial charge < -0.3 is 35.7 Å². The Bertz CT molecular complexity index is 611. The molecule has 0 unspecified atom stereocenters. The van der Waals surface area contributed by atoms with Crippen LogP contribution >= 0.6 is 0 Å². The molecule has 0 heterocycles. The monoisotopic (exact) mass is 350 g/mol. The lowest BCUT2D eigenvalue weighted by molar-refractivity contribution is -0.117. The second-order valence-corrected chi connectivity index (χ2v) is 5.88.